The molecule has 0 bridgehead atoms. The Balaban J connectivity index is 1.87. The van der Waals surface area contributed by atoms with Gasteiger partial charge >= 0.3 is 11.9 Å². The fourth-order valence-corrected chi connectivity index (χ4v) is 1.91. The largest absolute Gasteiger partial charge is 0.497 e. The Kier molecular flexibility index (Phi) is 5.57. The van der Waals surface area contributed by atoms with Crippen LogP contribution in [-0.2, 0) is 4.74 Å². The maximum atomic E-state index is 11.9. The van der Waals surface area contributed by atoms with Gasteiger partial charge in [-0.2, -0.15) is 0 Å². The fraction of sp³-hybridized carbons (Fsp3) is 0.176. The molecular formula is C17H16O6. The zero-order valence-electron chi connectivity index (χ0n) is 12.5. The number of methoxy groups -OCH3 is 1. The maximum Gasteiger partial charge on any atom is 0.339 e. The molecule has 0 aliphatic carbocycles. The summed E-state index contributed by atoms with van der Waals surface area (Å²) in [6.45, 7) is 0.151. The lowest BCUT2D eigenvalue weighted by atomic mass is 10.1. The molecular weight excluding hydrogens is 300 g/mol. The highest BCUT2D eigenvalue weighted by Crippen LogP contribution is 2.18. The van der Waals surface area contributed by atoms with Crippen LogP contribution in [0.1, 0.15) is 20.7 Å². The molecule has 0 atom stereocenters. The van der Waals surface area contributed by atoms with E-state index in [1.165, 1.54) is 12.1 Å². The Labute approximate surface area is 133 Å². The number of carbonyl (C=O) groups is 2. The lowest BCUT2D eigenvalue weighted by Gasteiger charge is -2.09. The van der Waals surface area contributed by atoms with E-state index in [1.807, 2.05) is 0 Å². The molecule has 0 aliphatic rings. The average molecular weight is 316 g/mol. The maximum absolute atomic E-state index is 11.9. The number of carbonyl (C=O) groups excluding carboxylic acids is 1. The second-order valence-corrected chi connectivity index (χ2v) is 4.51. The second kappa shape index (κ2) is 7.84. The van der Waals surface area contributed by atoms with Gasteiger partial charge in [-0.3, -0.25) is 0 Å². The van der Waals surface area contributed by atoms with Crippen LogP contribution in [0.2, 0.25) is 0 Å². The molecule has 23 heavy (non-hydrogen) atoms. The molecule has 0 radical (unpaired) electrons. The number of rotatable bonds is 7. The minimum absolute atomic E-state index is 0.00396. The van der Waals surface area contributed by atoms with E-state index in [-0.39, 0.29) is 24.3 Å². The second-order valence-electron chi connectivity index (χ2n) is 4.51. The lowest BCUT2D eigenvalue weighted by Crippen LogP contribution is -2.15. The van der Waals surface area contributed by atoms with E-state index >= 15 is 0 Å². The van der Waals surface area contributed by atoms with Gasteiger partial charge in [0.1, 0.15) is 24.7 Å². The van der Waals surface area contributed by atoms with Crippen molar-refractivity contribution in [3.63, 3.8) is 0 Å². The molecule has 0 saturated heterocycles. The Morgan fingerprint density at radius 3 is 2.35 bits per heavy atom. The summed E-state index contributed by atoms with van der Waals surface area (Å²) in [5, 5.41) is 9.04. The molecule has 2 rings (SSSR count). The first-order valence-electron chi connectivity index (χ1n) is 6.88. The molecule has 0 heterocycles. The number of hydrogen-bond donors (Lipinski definition) is 1. The molecule has 0 amide bonds. The molecule has 6 heteroatoms. The zero-order chi connectivity index (χ0) is 16.7. The molecule has 0 unspecified atom stereocenters. The van der Waals surface area contributed by atoms with Gasteiger partial charge in [0.05, 0.1) is 18.2 Å². The van der Waals surface area contributed by atoms with Gasteiger partial charge in [0.15, 0.2) is 0 Å². The molecule has 0 aliphatic heterocycles. The third kappa shape index (κ3) is 4.47. The van der Waals surface area contributed by atoms with E-state index in [0.29, 0.717) is 11.5 Å². The fourth-order valence-electron chi connectivity index (χ4n) is 1.91. The standard InChI is InChI=1S/C17H16O6/c1-21-12-5-4-6-13(11-12)22-9-10-23-17(20)15-8-3-2-7-14(15)16(18)19/h2-8,11H,9-10H2,1H3,(H,18,19). The molecule has 0 saturated carbocycles. The highest BCUT2D eigenvalue weighted by molar-refractivity contribution is 6.02. The van der Waals surface area contributed by atoms with Gasteiger partial charge in [-0.15, -0.1) is 0 Å². The monoisotopic (exact) mass is 316 g/mol. The summed E-state index contributed by atoms with van der Waals surface area (Å²) in [5.74, 6) is -0.622. The van der Waals surface area contributed by atoms with E-state index in [0.717, 1.165) is 0 Å². The number of carboxylic acids is 1. The molecule has 0 aromatic heterocycles. The molecule has 6 nitrogen and oxygen atoms in total. The lowest BCUT2D eigenvalue weighted by molar-refractivity contribution is 0.0442. The van der Waals surface area contributed by atoms with Crippen molar-refractivity contribution in [3.8, 4) is 11.5 Å². The van der Waals surface area contributed by atoms with E-state index in [9.17, 15) is 9.59 Å². The number of benzene rings is 2. The summed E-state index contributed by atoms with van der Waals surface area (Å²) in [6.07, 6.45) is 0. The first kappa shape index (κ1) is 16.4. The van der Waals surface area contributed by atoms with Gasteiger partial charge in [0.25, 0.3) is 0 Å². The molecule has 2 aromatic rings. The van der Waals surface area contributed by atoms with Crippen LogP contribution < -0.4 is 9.47 Å². The van der Waals surface area contributed by atoms with Crippen LogP contribution in [-0.4, -0.2) is 37.4 Å². The summed E-state index contributed by atoms with van der Waals surface area (Å²) in [6, 6.07) is 12.9. The summed E-state index contributed by atoms with van der Waals surface area (Å²) in [4.78, 5) is 23.0. The Bertz CT molecular complexity index is 695. The highest BCUT2D eigenvalue weighted by Gasteiger charge is 2.16. The van der Waals surface area contributed by atoms with Crippen LogP contribution in [0, 0.1) is 0 Å². The Morgan fingerprint density at radius 2 is 1.65 bits per heavy atom. The topological polar surface area (TPSA) is 82.1 Å². The van der Waals surface area contributed by atoms with Crippen LogP contribution in [0.25, 0.3) is 0 Å². The molecule has 120 valence electrons. The van der Waals surface area contributed by atoms with Crippen LogP contribution in [0.5, 0.6) is 11.5 Å². The average Bonchev–Trinajstić information content (AvgIpc) is 2.58. The van der Waals surface area contributed by atoms with Crippen LogP contribution in [0.3, 0.4) is 0 Å². The Hall–Kier alpha value is -3.02. The summed E-state index contributed by atoms with van der Waals surface area (Å²) >= 11 is 0. The minimum atomic E-state index is -1.18. The third-order valence-electron chi connectivity index (χ3n) is 3.00. The number of esters is 1. The summed E-state index contributed by atoms with van der Waals surface area (Å²) in [7, 11) is 1.56. The highest BCUT2D eigenvalue weighted by atomic mass is 16.6. The van der Waals surface area contributed by atoms with Crippen molar-refractivity contribution in [1.29, 1.82) is 0 Å². The third-order valence-corrected chi connectivity index (χ3v) is 3.00. The number of hydrogen-bond acceptors (Lipinski definition) is 5. The van der Waals surface area contributed by atoms with E-state index in [4.69, 9.17) is 19.3 Å². The first-order chi connectivity index (χ1) is 11.1. The van der Waals surface area contributed by atoms with Crippen LogP contribution in [0.4, 0.5) is 0 Å². The van der Waals surface area contributed by atoms with Gasteiger partial charge in [-0.1, -0.05) is 18.2 Å². The van der Waals surface area contributed by atoms with Gasteiger partial charge in [-0.05, 0) is 24.3 Å². The minimum Gasteiger partial charge on any atom is -0.497 e. The van der Waals surface area contributed by atoms with Crippen molar-refractivity contribution >= 4 is 11.9 Å². The summed E-state index contributed by atoms with van der Waals surface area (Å²) < 4.78 is 15.5. The zero-order valence-corrected chi connectivity index (χ0v) is 12.5. The number of aromatic carboxylic acids is 1. The summed E-state index contributed by atoms with van der Waals surface area (Å²) in [5.41, 5.74) is -0.0763. The number of ether oxygens (including phenoxy) is 3. The van der Waals surface area contributed by atoms with Crippen LogP contribution >= 0.6 is 0 Å². The van der Waals surface area contributed by atoms with Crippen molar-refractivity contribution in [3.05, 3.63) is 59.7 Å². The van der Waals surface area contributed by atoms with E-state index < -0.39 is 11.9 Å². The molecule has 1 N–H and O–H groups in total. The molecule has 2 aromatic carbocycles. The van der Waals surface area contributed by atoms with Crippen molar-refractivity contribution in [1.82, 2.24) is 0 Å². The smallest absolute Gasteiger partial charge is 0.339 e. The SMILES string of the molecule is COc1cccc(OCCOC(=O)c2ccccc2C(=O)O)c1. The van der Waals surface area contributed by atoms with Crippen molar-refractivity contribution < 1.29 is 28.9 Å². The first-order valence-corrected chi connectivity index (χ1v) is 6.88. The molecule has 0 spiro atoms. The van der Waals surface area contributed by atoms with Gasteiger partial charge in [0, 0.05) is 6.07 Å². The van der Waals surface area contributed by atoms with Crippen LogP contribution in [0.15, 0.2) is 48.5 Å². The van der Waals surface area contributed by atoms with Crippen molar-refractivity contribution in [2.24, 2.45) is 0 Å². The van der Waals surface area contributed by atoms with Crippen molar-refractivity contribution in [2.45, 2.75) is 0 Å². The van der Waals surface area contributed by atoms with E-state index in [1.54, 1.807) is 43.5 Å². The quantitative estimate of drug-likeness (QED) is 0.624. The van der Waals surface area contributed by atoms with E-state index in [2.05, 4.69) is 0 Å². The Morgan fingerprint density at radius 1 is 0.957 bits per heavy atom. The van der Waals surface area contributed by atoms with Crippen molar-refractivity contribution in [2.75, 3.05) is 20.3 Å². The predicted octanol–water partition coefficient (Wildman–Crippen LogP) is 2.63. The predicted molar refractivity (Wildman–Crippen MR) is 82.2 cm³/mol. The van der Waals surface area contributed by atoms with Gasteiger partial charge in [0.2, 0.25) is 0 Å². The number of carboxylic acid groups (broad SMARTS) is 1. The molecule has 0 fully saturated rings. The normalized spacial score (nSPS) is 9.96. The van der Waals surface area contributed by atoms with Gasteiger partial charge in [-0.25, -0.2) is 9.59 Å². The van der Waals surface area contributed by atoms with Gasteiger partial charge < -0.3 is 19.3 Å².